The van der Waals surface area contributed by atoms with Gasteiger partial charge in [-0.15, -0.1) is 5.75 Å². The number of para-hydroxylation sites is 1. The van der Waals surface area contributed by atoms with E-state index >= 15 is 0 Å². The topological polar surface area (TPSA) is 23.1 Å². The summed E-state index contributed by atoms with van der Waals surface area (Å²) in [5.74, 6) is -0.0671. The second-order valence-electron chi connectivity index (χ2n) is 1.45. The summed E-state index contributed by atoms with van der Waals surface area (Å²) in [6.07, 6.45) is 0. The van der Waals surface area contributed by atoms with Crippen LogP contribution in [0.4, 0.5) is 0 Å². The average molecular weight is 124 g/mol. The van der Waals surface area contributed by atoms with Crippen molar-refractivity contribution in [2.24, 2.45) is 0 Å². The van der Waals surface area contributed by atoms with E-state index < -0.39 is 0 Å². The predicted octanol–water partition coefficient (Wildman–Crippen LogP) is 0.666. The standard InChI is InChI=1S/C6H6OS/c7-5-3-1-2-4-6(5)8/h1-4,7-8H/p-2. The SMILES string of the molecule is [O-]c1ccccc1[S-]. The Labute approximate surface area is 53.4 Å². The lowest BCUT2D eigenvalue weighted by Gasteiger charge is -2.15. The zero-order valence-electron chi connectivity index (χ0n) is 4.13. The predicted molar refractivity (Wildman–Crippen MR) is 31.5 cm³/mol. The third-order valence-electron chi connectivity index (χ3n) is 0.849. The number of hydrogen-bond donors (Lipinski definition) is 0. The Kier molecular flexibility index (Phi) is 1.35. The number of rotatable bonds is 0. The van der Waals surface area contributed by atoms with Gasteiger partial charge in [-0.3, -0.25) is 0 Å². The molecule has 0 radical (unpaired) electrons. The van der Waals surface area contributed by atoms with E-state index in [2.05, 4.69) is 12.6 Å². The number of benzene rings is 1. The van der Waals surface area contributed by atoms with E-state index in [0.29, 0.717) is 4.90 Å². The Hall–Kier alpha value is -0.760. The van der Waals surface area contributed by atoms with Gasteiger partial charge in [-0.1, -0.05) is 24.3 Å². The fraction of sp³-hybridized carbons (Fsp3) is 0. The Bertz CT molecular complexity index is 165. The minimum atomic E-state index is -0.0671. The molecule has 2 heteroatoms. The second-order valence-corrected chi connectivity index (χ2v) is 1.89. The van der Waals surface area contributed by atoms with E-state index in [-0.39, 0.29) is 5.75 Å². The van der Waals surface area contributed by atoms with Crippen molar-refractivity contribution in [2.45, 2.75) is 4.90 Å². The minimum absolute atomic E-state index is 0.0671. The van der Waals surface area contributed by atoms with E-state index in [0.717, 1.165) is 0 Å². The molecule has 42 valence electrons. The highest BCUT2D eigenvalue weighted by atomic mass is 32.1. The van der Waals surface area contributed by atoms with Gasteiger partial charge in [0.15, 0.2) is 0 Å². The van der Waals surface area contributed by atoms with Crippen LogP contribution in [0.3, 0.4) is 0 Å². The third-order valence-corrected chi connectivity index (χ3v) is 1.19. The van der Waals surface area contributed by atoms with E-state index in [1.54, 1.807) is 18.2 Å². The molecule has 0 bridgehead atoms. The molecule has 1 nitrogen and oxygen atoms in total. The van der Waals surface area contributed by atoms with Gasteiger partial charge in [0.1, 0.15) is 0 Å². The van der Waals surface area contributed by atoms with Crippen molar-refractivity contribution in [1.29, 1.82) is 0 Å². The van der Waals surface area contributed by atoms with Crippen LogP contribution < -0.4 is 5.11 Å². The molecule has 1 rings (SSSR count). The lowest BCUT2D eigenvalue weighted by atomic mass is 10.3. The first-order valence-electron chi connectivity index (χ1n) is 2.24. The molecule has 0 aliphatic heterocycles. The quantitative estimate of drug-likeness (QED) is 0.474. The summed E-state index contributed by atoms with van der Waals surface area (Å²) >= 11 is 4.64. The molecule has 0 saturated carbocycles. The molecule has 0 amide bonds. The zero-order chi connectivity index (χ0) is 5.98. The summed E-state index contributed by atoms with van der Waals surface area (Å²) in [5, 5.41) is 10.5. The molecule has 0 aliphatic carbocycles. The van der Waals surface area contributed by atoms with Gasteiger partial charge in [-0.05, 0) is 0 Å². The molecule has 0 saturated heterocycles. The lowest BCUT2D eigenvalue weighted by molar-refractivity contribution is -0.272. The molecule has 0 spiro atoms. The monoisotopic (exact) mass is 124 g/mol. The second kappa shape index (κ2) is 2.01. The maximum absolute atomic E-state index is 10.5. The van der Waals surface area contributed by atoms with Crippen LogP contribution in [-0.2, 0) is 12.6 Å². The van der Waals surface area contributed by atoms with Crippen LogP contribution in [0.5, 0.6) is 5.75 Å². The molecule has 0 heterocycles. The summed E-state index contributed by atoms with van der Waals surface area (Å²) in [5.41, 5.74) is 0. The molecule has 0 aromatic heterocycles. The first-order chi connectivity index (χ1) is 3.80. The normalized spacial score (nSPS) is 9.00. The summed E-state index contributed by atoms with van der Waals surface area (Å²) in [6.45, 7) is 0. The molecule has 8 heavy (non-hydrogen) atoms. The average Bonchev–Trinajstić information content (AvgIpc) is 1.77. The molecule has 0 aliphatic rings. The van der Waals surface area contributed by atoms with E-state index in [1.165, 1.54) is 6.07 Å². The molecule has 0 fully saturated rings. The van der Waals surface area contributed by atoms with Crippen LogP contribution in [0.1, 0.15) is 0 Å². The van der Waals surface area contributed by atoms with Crippen molar-refractivity contribution in [3.05, 3.63) is 24.3 Å². The van der Waals surface area contributed by atoms with Crippen LogP contribution >= 0.6 is 0 Å². The zero-order valence-corrected chi connectivity index (χ0v) is 4.94. The summed E-state index contributed by atoms with van der Waals surface area (Å²) in [7, 11) is 0. The molecule has 1 aromatic rings. The van der Waals surface area contributed by atoms with Crippen LogP contribution in [-0.4, -0.2) is 0 Å². The van der Waals surface area contributed by atoms with Crippen molar-refractivity contribution < 1.29 is 5.11 Å². The van der Waals surface area contributed by atoms with Crippen molar-refractivity contribution in [3.63, 3.8) is 0 Å². The van der Waals surface area contributed by atoms with E-state index in [1.807, 2.05) is 0 Å². The fourth-order valence-corrected chi connectivity index (χ4v) is 0.597. The van der Waals surface area contributed by atoms with Crippen molar-refractivity contribution in [1.82, 2.24) is 0 Å². The third kappa shape index (κ3) is 0.898. The fourth-order valence-electron chi connectivity index (χ4n) is 0.450. The summed E-state index contributed by atoms with van der Waals surface area (Å²) in [6, 6.07) is 6.52. The van der Waals surface area contributed by atoms with Gasteiger partial charge in [0.2, 0.25) is 0 Å². The van der Waals surface area contributed by atoms with Crippen LogP contribution in [0, 0.1) is 0 Å². The Morgan fingerprint density at radius 1 is 1.25 bits per heavy atom. The Morgan fingerprint density at radius 2 is 1.88 bits per heavy atom. The van der Waals surface area contributed by atoms with E-state index in [4.69, 9.17) is 0 Å². The van der Waals surface area contributed by atoms with E-state index in [9.17, 15) is 5.11 Å². The summed E-state index contributed by atoms with van der Waals surface area (Å²) < 4.78 is 0. The Balaban J connectivity index is 3.13. The minimum Gasteiger partial charge on any atom is -0.873 e. The maximum atomic E-state index is 10.5. The van der Waals surface area contributed by atoms with Crippen LogP contribution in [0.25, 0.3) is 0 Å². The first kappa shape index (κ1) is 5.38. The van der Waals surface area contributed by atoms with Crippen molar-refractivity contribution in [3.8, 4) is 5.75 Å². The highest BCUT2D eigenvalue weighted by molar-refractivity contribution is 7.58. The number of hydrogen-bond acceptors (Lipinski definition) is 2. The van der Waals surface area contributed by atoms with Gasteiger partial charge < -0.3 is 17.7 Å². The van der Waals surface area contributed by atoms with Gasteiger partial charge in [0.25, 0.3) is 0 Å². The Morgan fingerprint density at radius 3 is 2.25 bits per heavy atom. The van der Waals surface area contributed by atoms with Crippen LogP contribution in [0.2, 0.25) is 0 Å². The smallest absolute Gasteiger partial charge is 0.0630 e. The van der Waals surface area contributed by atoms with Gasteiger partial charge >= 0.3 is 0 Å². The highest BCUT2D eigenvalue weighted by Crippen LogP contribution is 2.09. The molecule has 0 N–H and O–H groups in total. The molecular formula is C6H4OS-2. The van der Waals surface area contributed by atoms with Gasteiger partial charge in [-0.2, -0.15) is 4.90 Å². The molecule has 0 atom stereocenters. The van der Waals surface area contributed by atoms with Crippen molar-refractivity contribution >= 4 is 12.6 Å². The highest BCUT2D eigenvalue weighted by Gasteiger charge is 1.69. The molecule has 0 unspecified atom stereocenters. The molecule has 1 aromatic carbocycles. The summed E-state index contributed by atoms with van der Waals surface area (Å²) in [4.78, 5) is 0.396. The van der Waals surface area contributed by atoms with Gasteiger partial charge in [0, 0.05) is 0 Å². The lowest BCUT2D eigenvalue weighted by Crippen LogP contribution is -1.90. The molecular weight excluding hydrogens is 120 g/mol. The largest absolute Gasteiger partial charge is 0.873 e. The van der Waals surface area contributed by atoms with Gasteiger partial charge in [0.05, 0.1) is 0 Å². The van der Waals surface area contributed by atoms with Gasteiger partial charge in [-0.25, -0.2) is 0 Å². The van der Waals surface area contributed by atoms with Crippen LogP contribution in [0.15, 0.2) is 29.2 Å². The maximum Gasteiger partial charge on any atom is -0.0630 e. The van der Waals surface area contributed by atoms with Crippen molar-refractivity contribution in [2.75, 3.05) is 0 Å². The first-order valence-corrected chi connectivity index (χ1v) is 2.64.